The van der Waals surface area contributed by atoms with Crippen molar-refractivity contribution in [3.05, 3.63) is 81.9 Å². The molecule has 1 fully saturated rings. The van der Waals surface area contributed by atoms with Crippen LogP contribution in [0.2, 0.25) is 5.02 Å². The Bertz CT molecular complexity index is 1090. The lowest BCUT2D eigenvalue weighted by molar-refractivity contribution is -0.113. The van der Waals surface area contributed by atoms with Crippen LogP contribution in [0, 0.1) is 6.92 Å². The smallest absolute Gasteiger partial charge is 0.298 e. The van der Waals surface area contributed by atoms with Crippen LogP contribution in [0.1, 0.15) is 11.3 Å². The largest absolute Gasteiger partial charge is 0.457 e. The Kier molecular flexibility index (Phi) is 4.64. The van der Waals surface area contributed by atoms with Gasteiger partial charge in [0, 0.05) is 16.7 Å². The van der Waals surface area contributed by atoms with Crippen LogP contribution in [0.25, 0.3) is 17.4 Å². The van der Waals surface area contributed by atoms with Gasteiger partial charge in [-0.05, 0) is 60.6 Å². The van der Waals surface area contributed by atoms with Crippen LogP contribution in [0.5, 0.6) is 0 Å². The highest BCUT2D eigenvalue weighted by Crippen LogP contribution is 2.36. The van der Waals surface area contributed by atoms with Crippen molar-refractivity contribution in [1.29, 1.82) is 0 Å². The number of carbonyl (C=O) groups is 2. The molecule has 0 atom stereocenters. The van der Waals surface area contributed by atoms with E-state index in [2.05, 4.69) is 0 Å². The predicted octanol–water partition coefficient (Wildman–Crippen LogP) is 6.15. The summed E-state index contributed by atoms with van der Waals surface area (Å²) >= 11 is 6.92. The summed E-state index contributed by atoms with van der Waals surface area (Å²) in [5.41, 5.74) is 2.39. The van der Waals surface area contributed by atoms with Gasteiger partial charge in [0.05, 0.1) is 10.6 Å². The van der Waals surface area contributed by atoms with Gasteiger partial charge in [0.15, 0.2) is 0 Å². The Labute approximate surface area is 165 Å². The van der Waals surface area contributed by atoms with Crippen molar-refractivity contribution < 1.29 is 14.0 Å². The molecule has 1 saturated heterocycles. The molecule has 3 aromatic rings. The summed E-state index contributed by atoms with van der Waals surface area (Å²) in [7, 11) is 0. The molecule has 27 heavy (non-hydrogen) atoms. The average molecular weight is 396 g/mol. The van der Waals surface area contributed by atoms with Crippen LogP contribution in [0.15, 0.2) is 70.0 Å². The minimum atomic E-state index is -0.351. The van der Waals surface area contributed by atoms with Crippen molar-refractivity contribution in [1.82, 2.24) is 0 Å². The fourth-order valence-corrected chi connectivity index (χ4v) is 3.83. The highest BCUT2D eigenvalue weighted by molar-refractivity contribution is 8.19. The van der Waals surface area contributed by atoms with E-state index < -0.39 is 0 Å². The molecule has 0 aliphatic carbocycles. The van der Waals surface area contributed by atoms with E-state index >= 15 is 0 Å². The van der Waals surface area contributed by atoms with E-state index in [9.17, 15) is 9.59 Å². The third-order valence-electron chi connectivity index (χ3n) is 4.06. The number of rotatable bonds is 3. The van der Waals surface area contributed by atoms with Crippen molar-refractivity contribution in [2.45, 2.75) is 6.92 Å². The van der Waals surface area contributed by atoms with Crippen LogP contribution in [0.3, 0.4) is 0 Å². The third kappa shape index (κ3) is 3.56. The lowest BCUT2D eigenvalue weighted by atomic mass is 10.2. The third-order valence-corrected chi connectivity index (χ3v) is 5.17. The van der Waals surface area contributed by atoms with E-state index in [4.69, 9.17) is 16.0 Å². The summed E-state index contributed by atoms with van der Waals surface area (Å²) in [6, 6.07) is 18.2. The molecule has 2 aromatic carbocycles. The van der Waals surface area contributed by atoms with Gasteiger partial charge in [-0.3, -0.25) is 9.59 Å². The number of halogens is 1. The second-order valence-electron chi connectivity index (χ2n) is 6.07. The van der Waals surface area contributed by atoms with Gasteiger partial charge in [-0.2, -0.15) is 0 Å². The number of anilines is 1. The standard InChI is InChI=1S/C21H14ClNO3S/c1-13-4-2-7-16(10-13)23-20(24)19(27-21(23)25)12-17-8-9-18(26-17)14-5-3-6-15(22)11-14/h2-12H,1H3/b19-12+. The average Bonchev–Trinajstić information content (AvgIpc) is 3.20. The number of amides is 2. The first kappa shape index (κ1) is 17.6. The number of imide groups is 1. The van der Waals surface area contributed by atoms with Crippen LogP contribution < -0.4 is 4.90 Å². The zero-order chi connectivity index (χ0) is 19.0. The Hall–Kier alpha value is -2.76. The molecule has 6 heteroatoms. The number of furan rings is 1. The van der Waals surface area contributed by atoms with Crippen molar-refractivity contribution in [3.63, 3.8) is 0 Å². The van der Waals surface area contributed by atoms with Gasteiger partial charge in [-0.15, -0.1) is 0 Å². The number of carbonyl (C=O) groups excluding carboxylic acids is 2. The van der Waals surface area contributed by atoms with Crippen molar-refractivity contribution in [3.8, 4) is 11.3 Å². The van der Waals surface area contributed by atoms with Gasteiger partial charge >= 0.3 is 0 Å². The van der Waals surface area contributed by atoms with Gasteiger partial charge in [-0.1, -0.05) is 35.9 Å². The number of hydrogen-bond acceptors (Lipinski definition) is 4. The van der Waals surface area contributed by atoms with Gasteiger partial charge in [0.25, 0.3) is 11.1 Å². The number of thioether (sulfide) groups is 1. The topological polar surface area (TPSA) is 50.5 Å². The maximum Gasteiger partial charge on any atom is 0.298 e. The normalized spacial score (nSPS) is 15.8. The van der Waals surface area contributed by atoms with E-state index in [1.807, 2.05) is 43.3 Å². The summed E-state index contributed by atoms with van der Waals surface area (Å²) in [6.07, 6.45) is 1.59. The Balaban J connectivity index is 1.62. The SMILES string of the molecule is Cc1cccc(N2C(=O)S/C(=C/c3ccc(-c4cccc(Cl)c4)o3)C2=O)c1. The molecule has 1 aliphatic rings. The molecule has 4 nitrogen and oxygen atoms in total. The summed E-state index contributed by atoms with van der Waals surface area (Å²) in [5.74, 6) is 0.790. The van der Waals surface area contributed by atoms with E-state index in [1.165, 1.54) is 4.90 Å². The van der Waals surface area contributed by atoms with Gasteiger partial charge < -0.3 is 4.42 Å². The fourth-order valence-electron chi connectivity index (χ4n) is 2.81. The summed E-state index contributed by atoms with van der Waals surface area (Å²) < 4.78 is 5.80. The van der Waals surface area contributed by atoms with E-state index in [0.717, 1.165) is 22.9 Å². The molecule has 0 radical (unpaired) electrons. The molecule has 1 aromatic heterocycles. The minimum Gasteiger partial charge on any atom is -0.457 e. The first-order chi connectivity index (χ1) is 13.0. The first-order valence-electron chi connectivity index (χ1n) is 8.22. The summed E-state index contributed by atoms with van der Waals surface area (Å²) in [4.78, 5) is 26.6. The molecule has 0 saturated carbocycles. The zero-order valence-electron chi connectivity index (χ0n) is 14.3. The second-order valence-corrected chi connectivity index (χ2v) is 7.50. The van der Waals surface area contributed by atoms with Gasteiger partial charge in [-0.25, -0.2) is 4.90 Å². The van der Waals surface area contributed by atoms with Crippen molar-refractivity contribution in [2.75, 3.05) is 4.90 Å². The molecule has 2 heterocycles. The Morgan fingerprint density at radius 2 is 1.85 bits per heavy atom. The summed E-state index contributed by atoms with van der Waals surface area (Å²) in [6.45, 7) is 1.92. The molecule has 1 aliphatic heterocycles. The number of hydrogen-bond donors (Lipinski definition) is 0. The lowest BCUT2D eigenvalue weighted by Crippen LogP contribution is -2.27. The molecule has 134 valence electrons. The lowest BCUT2D eigenvalue weighted by Gasteiger charge is -2.12. The van der Waals surface area contributed by atoms with Crippen molar-refractivity contribution in [2.24, 2.45) is 0 Å². The monoisotopic (exact) mass is 395 g/mol. The maximum atomic E-state index is 12.7. The van der Waals surface area contributed by atoms with E-state index in [0.29, 0.717) is 27.1 Å². The molecule has 0 unspecified atom stereocenters. The maximum absolute atomic E-state index is 12.7. The summed E-state index contributed by atoms with van der Waals surface area (Å²) in [5, 5.41) is 0.295. The zero-order valence-corrected chi connectivity index (χ0v) is 15.9. The van der Waals surface area contributed by atoms with E-state index in [1.54, 1.807) is 30.3 Å². The second kappa shape index (κ2) is 7.10. The molecule has 0 N–H and O–H groups in total. The van der Waals surface area contributed by atoms with Gasteiger partial charge in [0.2, 0.25) is 0 Å². The molecule has 0 spiro atoms. The highest BCUT2D eigenvalue weighted by Gasteiger charge is 2.36. The number of aryl methyl sites for hydroxylation is 1. The quantitative estimate of drug-likeness (QED) is 0.499. The van der Waals surface area contributed by atoms with E-state index in [-0.39, 0.29) is 11.1 Å². The molecule has 4 rings (SSSR count). The van der Waals surface area contributed by atoms with Crippen LogP contribution in [-0.2, 0) is 4.79 Å². The molecule has 2 amide bonds. The molecular formula is C21H14ClNO3S. The Morgan fingerprint density at radius 1 is 1.04 bits per heavy atom. The first-order valence-corrected chi connectivity index (χ1v) is 9.41. The minimum absolute atomic E-state index is 0.321. The fraction of sp³-hybridized carbons (Fsp3) is 0.0476. The Morgan fingerprint density at radius 3 is 2.63 bits per heavy atom. The number of nitrogens with zero attached hydrogens (tertiary/aromatic N) is 1. The van der Waals surface area contributed by atoms with Crippen molar-refractivity contribution >= 4 is 46.3 Å². The molecule has 0 bridgehead atoms. The number of benzene rings is 2. The van der Waals surface area contributed by atoms with Crippen LogP contribution in [0.4, 0.5) is 10.5 Å². The van der Waals surface area contributed by atoms with Crippen LogP contribution >= 0.6 is 23.4 Å². The van der Waals surface area contributed by atoms with Crippen LogP contribution in [-0.4, -0.2) is 11.1 Å². The van der Waals surface area contributed by atoms with Gasteiger partial charge in [0.1, 0.15) is 11.5 Å². The predicted molar refractivity (Wildman–Crippen MR) is 109 cm³/mol. The highest BCUT2D eigenvalue weighted by atomic mass is 35.5. The molecular weight excluding hydrogens is 382 g/mol.